The zero-order chi connectivity index (χ0) is 34.3. The predicted octanol–water partition coefficient (Wildman–Crippen LogP) is 14.4. The minimum atomic E-state index is 1.09. The Hall–Kier alpha value is -1.64. The third-order valence-corrected chi connectivity index (χ3v) is 10.3. The van der Waals surface area contributed by atoms with E-state index in [1.54, 1.807) is 0 Å². The first kappa shape index (κ1) is 42.5. The van der Waals surface area contributed by atoms with Gasteiger partial charge in [-0.1, -0.05) is 193 Å². The summed E-state index contributed by atoms with van der Waals surface area (Å²) in [5.74, 6) is 0. The van der Waals surface area contributed by atoms with Gasteiger partial charge in [0.05, 0.1) is 0 Å². The highest BCUT2D eigenvalue weighted by Gasteiger charge is 2.10. The van der Waals surface area contributed by atoms with Gasteiger partial charge >= 0.3 is 0 Å². The van der Waals surface area contributed by atoms with Crippen molar-refractivity contribution in [2.45, 2.75) is 195 Å². The Morgan fingerprint density at radius 2 is 0.604 bits per heavy atom. The topological polar surface area (TPSA) is 6.48 Å². The number of benzene rings is 2. The molecule has 2 heteroatoms. The van der Waals surface area contributed by atoms with Crippen LogP contribution in [0.1, 0.15) is 193 Å². The summed E-state index contributed by atoms with van der Waals surface area (Å²) < 4.78 is 0. The summed E-state index contributed by atoms with van der Waals surface area (Å²) in [5.41, 5.74) is 5.71. The normalized spacial score (nSPS) is 11.7. The molecule has 0 N–H and O–H groups in total. The van der Waals surface area contributed by atoms with E-state index in [-0.39, 0.29) is 0 Å². The Bertz CT molecular complexity index is 872. The zero-order valence-corrected chi connectivity index (χ0v) is 32.7. The van der Waals surface area contributed by atoms with Crippen LogP contribution in [0, 0.1) is 0 Å². The van der Waals surface area contributed by atoms with Crippen molar-refractivity contribution in [2.24, 2.45) is 0 Å². The molecule has 0 aromatic heterocycles. The third kappa shape index (κ3) is 21.4. The van der Waals surface area contributed by atoms with Gasteiger partial charge in [0, 0.05) is 13.1 Å². The van der Waals surface area contributed by atoms with Crippen LogP contribution in [0.5, 0.6) is 0 Å². The molecule has 0 amide bonds. The van der Waals surface area contributed by atoms with Crippen molar-refractivity contribution in [3.8, 4) is 11.1 Å². The Balaban J connectivity index is 2.02. The molecule has 2 rings (SSSR count). The molecule has 0 aliphatic carbocycles. The highest BCUT2D eigenvalue weighted by molar-refractivity contribution is 5.65. The highest BCUT2D eigenvalue weighted by Crippen LogP contribution is 2.24. The fourth-order valence-electron chi connectivity index (χ4n) is 7.22. The minimum absolute atomic E-state index is 1.09. The molecule has 0 aliphatic rings. The first-order chi connectivity index (χ1) is 23.7. The van der Waals surface area contributed by atoms with Gasteiger partial charge in [-0.2, -0.15) is 0 Å². The standard InChI is InChI=1S/C46H80N2/c1-5-9-13-17-21-25-35-47(36-26-22-18-14-10-6-2)41-43-31-29-33-45(39-43)46-34-30-32-44(40-46)42-48(37-27-23-19-15-11-7-3)38-28-24-20-16-12-8-4/h29-34,39-40H,5-28,35-38,41-42H2,1-4H3. The fourth-order valence-corrected chi connectivity index (χ4v) is 7.22. The second kappa shape index (κ2) is 30.2. The van der Waals surface area contributed by atoms with Gasteiger partial charge in [-0.15, -0.1) is 0 Å². The molecule has 274 valence electrons. The number of nitrogens with zero attached hydrogens (tertiary/aromatic N) is 2. The Morgan fingerprint density at radius 1 is 0.333 bits per heavy atom. The maximum Gasteiger partial charge on any atom is 0.0233 e. The lowest BCUT2D eigenvalue weighted by Crippen LogP contribution is -2.26. The van der Waals surface area contributed by atoms with E-state index in [1.807, 2.05) is 0 Å². The van der Waals surface area contributed by atoms with Gasteiger partial charge in [-0.05, 0) is 86.2 Å². The van der Waals surface area contributed by atoms with Crippen LogP contribution in [0.2, 0.25) is 0 Å². The number of hydrogen-bond donors (Lipinski definition) is 0. The van der Waals surface area contributed by atoms with Crippen molar-refractivity contribution in [2.75, 3.05) is 26.2 Å². The van der Waals surface area contributed by atoms with Crippen LogP contribution in [0.3, 0.4) is 0 Å². The van der Waals surface area contributed by atoms with E-state index in [2.05, 4.69) is 86.0 Å². The Kier molecular flexibility index (Phi) is 26.8. The zero-order valence-electron chi connectivity index (χ0n) is 32.7. The molecule has 0 heterocycles. The Morgan fingerprint density at radius 3 is 0.896 bits per heavy atom. The number of unbranched alkanes of at least 4 members (excludes halogenated alkanes) is 20. The van der Waals surface area contributed by atoms with Crippen molar-refractivity contribution in [3.63, 3.8) is 0 Å². The number of hydrogen-bond acceptors (Lipinski definition) is 2. The minimum Gasteiger partial charge on any atom is -0.299 e. The number of rotatable bonds is 33. The van der Waals surface area contributed by atoms with Crippen LogP contribution in [0.25, 0.3) is 11.1 Å². The quantitative estimate of drug-likeness (QED) is 0.0703. The molecular formula is C46H80N2. The van der Waals surface area contributed by atoms with Crippen molar-refractivity contribution >= 4 is 0 Å². The lowest BCUT2D eigenvalue weighted by atomic mass is 10.00. The predicted molar refractivity (Wildman–Crippen MR) is 216 cm³/mol. The van der Waals surface area contributed by atoms with E-state index in [4.69, 9.17) is 0 Å². The van der Waals surface area contributed by atoms with Gasteiger partial charge in [0.15, 0.2) is 0 Å². The maximum atomic E-state index is 2.76. The second-order valence-corrected chi connectivity index (χ2v) is 15.0. The fraction of sp³-hybridized carbons (Fsp3) is 0.739. The van der Waals surface area contributed by atoms with Crippen LogP contribution < -0.4 is 0 Å². The van der Waals surface area contributed by atoms with Crippen LogP contribution in [0.15, 0.2) is 48.5 Å². The summed E-state index contributed by atoms with van der Waals surface area (Å²) >= 11 is 0. The third-order valence-electron chi connectivity index (χ3n) is 10.3. The first-order valence-electron chi connectivity index (χ1n) is 21.3. The average molecular weight is 661 g/mol. The van der Waals surface area contributed by atoms with Gasteiger partial charge < -0.3 is 0 Å². The van der Waals surface area contributed by atoms with E-state index >= 15 is 0 Å². The van der Waals surface area contributed by atoms with Gasteiger partial charge in [-0.3, -0.25) is 9.80 Å². The molecule has 0 spiro atoms. The van der Waals surface area contributed by atoms with Crippen LogP contribution in [0.4, 0.5) is 0 Å². The van der Waals surface area contributed by atoms with Gasteiger partial charge in [0.1, 0.15) is 0 Å². The molecule has 48 heavy (non-hydrogen) atoms. The van der Waals surface area contributed by atoms with Gasteiger partial charge in [0.2, 0.25) is 0 Å². The SMILES string of the molecule is CCCCCCCCN(CCCCCCCC)Cc1cccc(-c2cccc(CN(CCCCCCCC)CCCCCCCC)c2)c1. The smallest absolute Gasteiger partial charge is 0.0233 e. The molecule has 0 bridgehead atoms. The summed E-state index contributed by atoms with van der Waals surface area (Å²) in [6.45, 7) is 16.4. The summed E-state index contributed by atoms with van der Waals surface area (Å²) in [7, 11) is 0. The summed E-state index contributed by atoms with van der Waals surface area (Å²) in [4.78, 5) is 5.52. The molecule has 0 atom stereocenters. The van der Waals surface area contributed by atoms with E-state index < -0.39 is 0 Å². The van der Waals surface area contributed by atoms with E-state index in [1.165, 1.54) is 203 Å². The molecule has 0 unspecified atom stereocenters. The van der Waals surface area contributed by atoms with Crippen molar-refractivity contribution in [1.82, 2.24) is 9.80 Å². The van der Waals surface area contributed by atoms with E-state index in [9.17, 15) is 0 Å². The lowest BCUT2D eigenvalue weighted by molar-refractivity contribution is 0.252. The molecule has 2 aromatic carbocycles. The van der Waals surface area contributed by atoms with Gasteiger partial charge in [0.25, 0.3) is 0 Å². The van der Waals surface area contributed by atoms with Crippen molar-refractivity contribution in [1.29, 1.82) is 0 Å². The molecule has 0 aliphatic heterocycles. The van der Waals surface area contributed by atoms with Crippen molar-refractivity contribution in [3.05, 3.63) is 59.7 Å². The van der Waals surface area contributed by atoms with Crippen LogP contribution in [-0.2, 0) is 13.1 Å². The van der Waals surface area contributed by atoms with Crippen LogP contribution in [-0.4, -0.2) is 36.0 Å². The maximum absolute atomic E-state index is 2.76. The molecule has 0 fully saturated rings. The molecular weight excluding hydrogens is 581 g/mol. The Labute approximate surface area is 300 Å². The van der Waals surface area contributed by atoms with Gasteiger partial charge in [-0.25, -0.2) is 0 Å². The first-order valence-corrected chi connectivity index (χ1v) is 21.3. The molecule has 2 nitrogen and oxygen atoms in total. The summed E-state index contributed by atoms with van der Waals surface area (Å²) in [6.07, 6.45) is 33.1. The average Bonchev–Trinajstić information content (AvgIpc) is 3.10. The second-order valence-electron chi connectivity index (χ2n) is 15.0. The summed E-state index contributed by atoms with van der Waals surface area (Å²) in [5, 5.41) is 0. The molecule has 0 saturated carbocycles. The lowest BCUT2D eigenvalue weighted by Gasteiger charge is -2.23. The summed E-state index contributed by atoms with van der Waals surface area (Å²) in [6, 6.07) is 19.0. The van der Waals surface area contributed by atoms with E-state index in [0.29, 0.717) is 0 Å². The molecule has 2 aromatic rings. The molecule has 0 radical (unpaired) electrons. The monoisotopic (exact) mass is 661 g/mol. The van der Waals surface area contributed by atoms with Crippen molar-refractivity contribution < 1.29 is 0 Å². The highest BCUT2D eigenvalue weighted by atomic mass is 15.1. The molecule has 0 saturated heterocycles. The van der Waals surface area contributed by atoms with Crippen LogP contribution >= 0.6 is 0 Å². The van der Waals surface area contributed by atoms with E-state index in [0.717, 1.165) is 13.1 Å². The largest absolute Gasteiger partial charge is 0.299 e.